The molecule has 0 aliphatic rings. The number of nitrogens with two attached hydrogens (primary N) is 1. The maximum Gasteiger partial charge on any atom is 0.254 e. The standard InChI is InChI=1S/C20H24N2O3/c1-13-9-10-15(11-14(13)2)12-17(19(21)23)22-20(24)18(25-3)16-7-5-4-6-8-16/h4-11,17-18H,12H2,1-3H3,(H2,21,23)(H,22,24)/t17-,18-/m1/s1. The summed E-state index contributed by atoms with van der Waals surface area (Å²) in [4.78, 5) is 24.4. The predicted molar refractivity (Wildman–Crippen MR) is 96.9 cm³/mol. The first-order valence-corrected chi connectivity index (χ1v) is 8.16. The van der Waals surface area contributed by atoms with E-state index in [0.717, 1.165) is 16.7 Å². The number of methoxy groups -OCH3 is 1. The monoisotopic (exact) mass is 340 g/mol. The van der Waals surface area contributed by atoms with Crippen molar-refractivity contribution in [2.75, 3.05) is 7.11 Å². The summed E-state index contributed by atoms with van der Waals surface area (Å²) in [6.07, 6.45) is -0.448. The van der Waals surface area contributed by atoms with Crippen LogP contribution in [-0.4, -0.2) is 25.0 Å². The second kappa shape index (κ2) is 8.44. The molecule has 25 heavy (non-hydrogen) atoms. The molecule has 2 atom stereocenters. The Balaban J connectivity index is 2.13. The van der Waals surface area contributed by atoms with Gasteiger partial charge in [0, 0.05) is 13.5 Å². The highest BCUT2D eigenvalue weighted by Crippen LogP contribution is 2.17. The third-order valence-corrected chi connectivity index (χ3v) is 4.25. The number of nitrogens with one attached hydrogen (secondary N) is 1. The molecule has 0 aromatic heterocycles. The smallest absolute Gasteiger partial charge is 0.254 e. The molecule has 0 saturated heterocycles. The van der Waals surface area contributed by atoms with E-state index in [4.69, 9.17) is 10.5 Å². The minimum atomic E-state index is -0.795. The van der Waals surface area contributed by atoms with Crippen LogP contribution in [0.5, 0.6) is 0 Å². The molecule has 0 aliphatic carbocycles. The summed E-state index contributed by atoms with van der Waals surface area (Å²) in [7, 11) is 1.46. The highest BCUT2D eigenvalue weighted by molar-refractivity contribution is 5.89. The highest BCUT2D eigenvalue weighted by atomic mass is 16.5. The van der Waals surface area contributed by atoms with Crippen molar-refractivity contribution in [1.29, 1.82) is 0 Å². The van der Waals surface area contributed by atoms with Gasteiger partial charge in [0.25, 0.3) is 5.91 Å². The Morgan fingerprint density at radius 1 is 1.08 bits per heavy atom. The number of rotatable bonds is 7. The van der Waals surface area contributed by atoms with Crippen molar-refractivity contribution >= 4 is 11.8 Å². The number of hydrogen-bond donors (Lipinski definition) is 2. The highest BCUT2D eigenvalue weighted by Gasteiger charge is 2.25. The van der Waals surface area contributed by atoms with Crippen LogP contribution in [0.1, 0.15) is 28.4 Å². The fourth-order valence-electron chi connectivity index (χ4n) is 2.66. The molecule has 2 rings (SSSR count). The molecule has 0 unspecified atom stereocenters. The first kappa shape index (κ1) is 18.7. The largest absolute Gasteiger partial charge is 0.368 e. The maximum absolute atomic E-state index is 12.6. The summed E-state index contributed by atoms with van der Waals surface area (Å²) in [5, 5.41) is 2.71. The second-order valence-corrected chi connectivity index (χ2v) is 6.11. The quantitative estimate of drug-likeness (QED) is 0.811. The van der Waals surface area contributed by atoms with Crippen LogP contribution in [0.3, 0.4) is 0 Å². The van der Waals surface area contributed by atoms with E-state index < -0.39 is 18.1 Å². The molecule has 2 aromatic rings. The van der Waals surface area contributed by atoms with E-state index in [0.29, 0.717) is 6.42 Å². The molecule has 0 saturated carbocycles. The number of primary amides is 1. The van der Waals surface area contributed by atoms with E-state index in [-0.39, 0.29) is 5.91 Å². The van der Waals surface area contributed by atoms with Gasteiger partial charge >= 0.3 is 0 Å². The van der Waals surface area contributed by atoms with Crippen molar-refractivity contribution in [2.24, 2.45) is 5.73 Å². The molecule has 2 amide bonds. The van der Waals surface area contributed by atoms with Crippen LogP contribution in [0.2, 0.25) is 0 Å². The summed E-state index contributed by atoms with van der Waals surface area (Å²) < 4.78 is 5.30. The van der Waals surface area contributed by atoms with E-state index >= 15 is 0 Å². The van der Waals surface area contributed by atoms with Gasteiger partial charge in [0.1, 0.15) is 6.04 Å². The predicted octanol–water partition coefficient (Wildman–Crippen LogP) is 2.20. The SMILES string of the molecule is CO[C@@H](C(=O)N[C@H](Cc1ccc(C)c(C)c1)C(N)=O)c1ccccc1. The Kier molecular flexibility index (Phi) is 6.31. The molecular formula is C20H24N2O3. The molecule has 0 aliphatic heterocycles. The van der Waals surface area contributed by atoms with Crippen molar-refractivity contribution in [3.05, 3.63) is 70.8 Å². The first-order valence-electron chi connectivity index (χ1n) is 8.16. The van der Waals surface area contributed by atoms with Gasteiger partial charge in [-0.05, 0) is 36.1 Å². The fraction of sp³-hybridized carbons (Fsp3) is 0.300. The molecule has 2 aromatic carbocycles. The van der Waals surface area contributed by atoms with E-state index in [2.05, 4.69) is 5.32 Å². The minimum absolute atomic E-state index is 0.341. The van der Waals surface area contributed by atoms with E-state index in [1.807, 2.05) is 50.2 Å². The van der Waals surface area contributed by atoms with Crippen molar-refractivity contribution in [2.45, 2.75) is 32.4 Å². The van der Waals surface area contributed by atoms with Crippen LogP contribution in [0, 0.1) is 13.8 Å². The van der Waals surface area contributed by atoms with Crippen LogP contribution < -0.4 is 11.1 Å². The summed E-state index contributed by atoms with van der Waals surface area (Å²) in [5.41, 5.74) is 9.45. The average molecular weight is 340 g/mol. The van der Waals surface area contributed by atoms with Gasteiger partial charge in [-0.1, -0.05) is 48.5 Å². The molecule has 5 heteroatoms. The normalized spacial score (nSPS) is 13.1. The average Bonchev–Trinajstić information content (AvgIpc) is 2.59. The molecular weight excluding hydrogens is 316 g/mol. The number of carbonyl (C=O) groups is 2. The third kappa shape index (κ3) is 4.90. The van der Waals surface area contributed by atoms with Crippen LogP contribution in [0.15, 0.2) is 48.5 Å². The summed E-state index contributed by atoms with van der Waals surface area (Å²) in [6.45, 7) is 4.03. The van der Waals surface area contributed by atoms with E-state index in [1.54, 1.807) is 12.1 Å². The van der Waals surface area contributed by atoms with Gasteiger partial charge in [0.2, 0.25) is 5.91 Å². The van der Waals surface area contributed by atoms with Gasteiger partial charge in [-0.15, -0.1) is 0 Å². The molecule has 0 heterocycles. The second-order valence-electron chi connectivity index (χ2n) is 6.11. The third-order valence-electron chi connectivity index (χ3n) is 4.25. The Bertz CT molecular complexity index is 744. The Labute approximate surface area is 148 Å². The lowest BCUT2D eigenvalue weighted by Crippen LogP contribution is -2.47. The zero-order valence-corrected chi connectivity index (χ0v) is 14.8. The Morgan fingerprint density at radius 2 is 1.76 bits per heavy atom. The number of carbonyl (C=O) groups excluding carboxylic acids is 2. The Hall–Kier alpha value is -2.66. The topological polar surface area (TPSA) is 81.4 Å². The van der Waals surface area contributed by atoms with Crippen molar-refractivity contribution < 1.29 is 14.3 Å². The molecule has 5 nitrogen and oxygen atoms in total. The molecule has 0 fully saturated rings. The lowest BCUT2D eigenvalue weighted by Gasteiger charge is -2.20. The summed E-state index contributed by atoms with van der Waals surface area (Å²) in [5.74, 6) is -0.962. The van der Waals surface area contributed by atoms with Crippen molar-refractivity contribution in [3.63, 3.8) is 0 Å². The lowest BCUT2D eigenvalue weighted by atomic mass is 10.00. The lowest BCUT2D eigenvalue weighted by molar-refractivity contribution is -0.134. The molecule has 132 valence electrons. The van der Waals surface area contributed by atoms with Gasteiger partial charge < -0.3 is 15.8 Å². The van der Waals surface area contributed by atoms with Gasteiger partial charge in [-0.25, -0.2) is 0 Å². The first-order chi connectivity index (χ1) is 11.9. The van der Waals surface area contributed by atoms with Crippen LogP contribution in [0.4, 0.5) is 0 Å². The van der Waals surface area contributed by atoms with Gasteiger partial charge in [0.15, 0.2) is 6.10 Å². The van der Waals surface area contributed by atoms with Crippen molar-refractivity contribution in [3.8, 4) is 0 Å². The molecule has 0 spiro atoms. The van der Waals surface area contributed by atoms with Gasteiger partial charge in [0.05, 0.1) is 0 Å². The minimum Gasteiger partial charge on any atom is -0.368 e. The number of ether oxygens (including phenoxy) is 1. The summed E-state index contributed by atoms with van der Waals surface area (Å²) >= 11 is 0. The molecule has 0 bridgehead atoms. The Morgan fingerprint density at radius 3 is 2.32 bits per heavy atom. The van der Waals surface area contributed by atoms with Gasteiger partial charge in [-0.3, -0.25) is 9.59 Å². The van der Waals surface area contributed by atoms with Gasteiger partial charge in [-0.2, -0.15) is 0 Å². The van der Waals surface area contributed by atoms with Crippen LogP contribution in [-0.2, 0) is 20.7 Å². The zero-order valence-electron chi connectivity index (χ0n) is 14.8. The summed E-state index contributed by atoms with van der Waals surface area (Å²) in [6, 6.07) is 14.3. The van der Waals surface area contributed by atoms with Crippen LogP contribution >= 0.6 is 0 Å². The van der Waals surface area contributed by atoms with Crippen LogP contribution in [0.25, 0.3) is 0 Å². The van der Waals surface area contributed by atoms with E-state index in [9.17, 15) is 9.59 Å². The fourth-order valence-corrected chi connectivity index (χ4v) is 2.66. The molecule has 0 radical (unpaired) electrons. The van der Waals surface area contributed by atoms with E-state index in [1.165, 1.54) is 12.7 Å². The number of hydrogen-bond acceptors (Lipinski definition) is 3. The maximum atomic E-state index is 12.6. The number of benzene rings is 2. The number of aryl methyl sites for hydroxylation is 2. The number of amides is 2. The molecule has 3 N–H and O–H groups in total. The van der Waals surface area contributed by atoms with Crippen molar-refractivity contribution in [1.82, 2.24) is 5.32 Å². The zero-order chi connectivity index (χ0) is 18.4.